The maximum atomic E-state index is 4.80. The summed E-state index contributed by atoms with van der Waals surface area (Å²) < 4.78 is 2.56. The number of hydrogen-bond acceptors (Lipinski definition) is 1. The van der Waals surface area contributed by atoms with Gasteiger partial charge >= 0.3 is 0 Å². The molecule has 0 N–H and O–H groups in total. The molecular weight excluding hydrogens is 558 g/mol. The number of aliphatic imine (C=N–C) groups is 2. The van der Waals surface area contributed by atoms with Gasteiger partial charge in [-0.25, -0.2) is 4.99 Å². The Bertz CT molecular complexity index is 2300. The predicted molar refractivity (Wildman–Crippen MR) is 193 cm³/mol. The first-order chi connectivity index (χ1) is 22.5. The highest BCUT2D eigenvalue weighted by Gasteiger charge is 2.36. The SMILES string of the molecule is C=NC(=NCc1ccc2c(c1)Cc1cc(-n3c4c(c5cc6c(cc53)C(C)(C)c3ccccc3-6)C=CCC4)ccc1-2)c1ccccc1. The normalized spacial score (nSPS) is 15.3. The second-order valence-electron chi connectivity index (χ2n) is 13.4. The van der Waals surface area contributed by atoms with Crippen molar-refractivity contribution in [3.63, 3.8) is 0 Å². The van der Waals surface area contributed by atoms with Crippen LogP contribution in [0, 0.1) is 0 Å². The fourth-order valence-corrected chi connectivity index (χ4v) is 8.18. The molecule has 6 aromatic rings. The number of hydrogen-bond donors (Lipinski definition) is 0. The Balaban J connectivity index is 1.10. The number of rotatable bonds is 4. The van der Waals surface area contributed by atoms with E-state index < -0.39 is 0 Å². The van der Waals surface area contributed by atoms with E-state index in [1.807, 2.05) is 30.3 Å². The Morgan fingerprint density at radius 1 is 0.783 bits per heavy atom. The lowest BCUT2D eigenvalue weighted by molar-refractivity contribution is 0.661. The van der Waals surface area contributed by atoms with Crippen LogP contribution >= 0.6 is 0 Å². The zero-order chi connectivity index (χ0) is 31.0. The van der Waals surface area contributed by atoms with Crippen molar-refractivity contribution in [1.82, 2.24) is 4.57 Å². The molecule has 3 aliphatic carbocycles. The summed E-state index contributed by atoms with van der Waals surface area (Å²) in [7, 11) is 0. The van der Waals surface area contributed by atoms with Crippen molar-refractivity contribution >= 4 is 29.5 Å². The van der Waals surface area contributed by atoms with E-state index in [4.69, 9.17) is 4.99 Å². The van der Waals surface area contributed by atoms with Crippen LogP contribution in [0.2, 0.25) is 0 Å². The maximum absolute atomic E-state index is 4.80. The highest BCUT2D eigenvalue weighted by molar-refractivity contribution is 6.01. The van der Waals surface area contributed by atoms with E-state index in [-0.39, 0.29) is 5.41 Å². The van der Waals surface area contributed by atoms with Crippen molar-refractivity contribution in [2.24, 2.45) is 9.98 Å². The molecule has 1 heterocycles. The molecule has 0 amide bonds. The Morgan fingerprint density at radius 3 is 2.41 bits per heavy atom. The van der Waals surface area contributed by atoms with Gasteiger partial charge in [-0.1, -0.05) is 105 Å². The molecule has 0 spiro atoms. The minimum Gasteiger partial charge on any atom is -0.313 e. The molecule has 46 heavy (non-hydrogen) atoms. The Labute approximate surface area is 270 Å². The lowest BCUT2D eigenvalue weighted by Gasteiger charge is -2.22. The van der Waals surface area contributed by atoms with E-state index in [9.17, 15) is 0 Å². The van der Waals surface area contributed by atoms with Gasteiger partial charge in [-0.05, 0) is 100 Å². The first-order valence-corrected chi connectivity index (χ1v) is 16.3. The number of fused-ring (bicyclic) bond motifs is 9. The summed E-state index contributed by atoms with van der Waals surface area (Å²) in [5, 5.41) is 1.36. The van der Waals surface area contributed by atoms with Gasteiger partial charge in [-0.3, -0.25) is 4.99 Å². The number of amidine groups is 1. The highest BCUT2D eigenvalue weighted by atomic mass is 15.0. The first-order valence-electron chi connectivity index (χ1n) is 16.3. The zero-order valence-corrected chi connectivity index (χ0v) is 26.3. The Kier molecular flexibility index (Phi) is 5.95. The monoisotopic (exact) mass is 593 g/mol. The molecule has 5 aromatic carbocycles. The largest absolute Gasteiger partial charge is 0.313 e. The highest BCUT2D eigenvalue weighted by Crippen LogP contribution is 2.51. The van der Waals surface area contributed by atoms with Crippen molar-refractivity contribution in [3.05, 3.63) is 154 Å². The summed E-state index contributed by atoms with van der Waals surface area (Å²) >= 11 is 0. The van der Waals surface area contributed by atoms with Gasteiger partial charge in [-0.15, -0.1) is 0 Å². The van der Waals surface area contributed by atoms with Crippen LogP contribution in [0.1, 0.15) is 64.9 Å². The molecule has 0 atom stereocenters. The van der Waals surface area contributed by atoms with Crippen LogP contribution in [-0.4, -0.2) is 17.1 Å². The van der Waals surface area contributed by atoms with Crippen LogP contribution in [0.3, 0.4) is 0 Å². The van der Waals surface area contributed by atoms with Gasteiger partial charge in [0.15, 0.2) is 5.84 Å². The second-order valence-corrected chi connectivity index (χ2v) is 13.4. The van der Waals surface area contributed by atoms with Crippen LogP contribution < -0.4 is 0 Å². The second kappa shape index (κ2) is 10.1. The van der Waals surface area contributed by atoms with Gasteiger partial charge in [-0.2, -0.15) is 0 Å². The summed E-state index contributed by atoms with van der Waals surface area (Å²) in [4.78, 5) is 9.00. The molecule has 3 heteroatoms. The summed E-state index contributed by atoms with van der Waals surface area (Å²) in [6.07, 6.45) is 7.75. The Morgan fingerprint density at radius 2 is 1.57 bits per heavy atom. The topological polar surface area (TPSA) is 29.6 Å². The van der Waals surface area contributed by atoms with E-state index in [0.29, 0.717) is 12.4 Å². The molecule has 0 aliphatic heterocycles. The van der Waals surface area contributed by atoms with Gasteiger partial charge in [0.05, 0.1) is 12.1 Å². The lowest BCUT2D eigenvalue weighted by atomic mass is 9.82. The molecule has 0 saturated carbocycles. The smallest absolute Gasteiger partial charge is 0.154 e. The number of aromatic nitrogens is 1. The van der Waals surface area contributed by atoms with Crippen LogP contribution in [0.5, 0.6) is 0 Å². The van der Waals surface area contributed by atoms with E-state index in [1.54, 1.807) is 0 Å². The van der Waals surface area contributed by atoms with E-state index in [2.05, 4.69) is 115 Å². The van der Waals surface area contributed by atoms with Crippen molar-refractivity contribution in [3.8, 4) is 27.9 Å². The Hall–Kier alpha value is -5.28. The van der Waals surface area contributed by atoms with Gasteiger partial charge < -0.3 is 4.57 Å². The molecule has 3 nitrogen and oxygen atoms in total. The van der Waals surface area contributed by atoms with Crippen molar-refractivity contribution in [2.45, 2.75) is 45.1 Å². The zero-order valence-electron chi connectivity index (χ0n) is 26.3. The van der Waals surface area contributed by atoms with Gasteiger partial charge in [0, 0.05) is 33.3 Å². The molecule has 0 saturated heterocycles. The molecule has 222 valence electrons. The van der Waals surface area contributed by atoms with Crippen molar-refractivity contribution < 1.29 is 0 Å². The first kappa shape index (κ1) is 27.1. The van der Waals surface area contributed by atoms with Gasteiger partial charge in [0.2, 0.25) is 0 Å². The average Bonchev–Trinajstić information content (AvgIpc) is 3.69. The molecule has 0 radical (unpaired) electrons. The van der Waals surface area contributed by atoms with Crippen molar-refractivity contribution in [2.75, 3.05) is 0 Å². The minimum absolute atomic E-state index is 0.0313. The third kappa shape index (κ3) is 3.98. The van der Waals surface area contributed by atoms with Gasteiger partial charge in [0.25, 0.3) is 0 Å². The third-order valence-corrected chi connectivity index (χ3v) is 10.4. The van der Waals surface area contributed by atoms with Crippen LogP contribution in [-0.2, 0) is 24.8 Å². The summed E-state index contributed by atoms with van der Waals surface area (Å²) in [6.45, 7) is 9.09. The molecule has 0 unspecified atom stereocenters. The summed E-state index contributed by atoms with van der Waals surface area (Å²) in [5.41, 5.74) is 18.6. The van der Waals surface area contributed by atoms with E-state index >= 15 is 0 Å². The molecule has 0 bridgehead atoms. The molecule has 0 fully saturated rings. The quantitative estimate of drug-likeness (QED) is 0.144. The third-order valence-electron chi connectivity index (χ3n) is 10.4. The van der Waals surface area contributed by atoms with E-state index in [1.165, 1.54) is 77.9 Å². The minimum atomic E-state index is -0.0313. The van der Waals surface area contributed by atoms with Gasteiger partial charge in [0.1, 0.15) is 0 Å². The molecular formula is C43H35N3. The predicted octanol–water partition coefficient (Wildman–Crippen LogP) is 10.1. The summed E-state index contributed by atoms with van der Waals surface area (Å²) in [6, 6.07) is 37.9. The molecule has 1 aromatic heterocycles. The maximum Gasteiger partial charge on any atom is 0.154 e. The number of benzene rings is 5. The lowest BCUT2D eigenvalue weighted by Crippen LogP contribution is -2.15. The standard InChI is InChI=1S/C43H35N3/c1-43(2)38-15-9-7-13-34(38)36-24-37-35-14-8-10-16-40(35)46(41(37)25-39(36)43)31-18-20-33-30(23-31)22-29-21-27(17-19-32(29)33)26-45-42(44-3)28-11-5-4-6-12-28/h4-9,11-15,17-21,23-25H,3,10,16,22,26H2,1-2H3. The van der Waals surface area contributed by atoms with E-state index in [0.717, 1.165) is 24.8 Å². The number of allylic oxidation sites excluding steroid dienone is 1. The fourth-order valence-electron chi connectivity index (χ4n) is 8.18. The molecule has 3 aliphatic rings. The fraction of sp³-hybridized carbons (Fsp3) is 0.163. The van der Waals surface area contributed by atoms with Crippen LogP contribution in [0.25, 0.3) is 44.9 Å². The molecule has 9 rings (SSSR count). The van der Waals surface area contributed by atoms with Crippen molar-refractivity contribution in [1.29, 1.82) is 0 Å². The summed E-state index contributed by atoms with van der Waals surface area (Å²) in [5.74, 6) is 0.684. The van der Waals surface area contributed by atoms with Crippen LogP contribution in [0.15, 0.2) is 119 Å². The number of nitrogens with zero attached hydrogens (tertiary/aromatic N) is 3. The average molecular weight is 594 g/mol. The van der Waals surface area contributed by atoms with Crippen LogP contribution in [0.4, 0.5) is 0 Å².